The summed E-state index contributed by atoms with van der Waals surface area (Å²) in [5.74, 6) is 0.274. The van der Waals surface area contributed by atoms with E-state index >= 15 is 0 Å². The lowest BCUT2D eigenvalue weighted by molar-refractivity contribution is -0.385. The third kappa shape index (κ3) is 4.01. The molecule has 0 aliphatic carbocycles. The minimum Gasteiger partial charge on any atom is -0.490 e. The van der Waals surface area contributed by atoms with Gasteiger partial charge < -0.3 is 14.8 Å². The fourth-order valence-corrected chi connectivity index (χ4v) is 1.40. The predicted octanol–water partition coefficient (Wildman–Crippen LogP) is 1.34. The Balaban J connectivity index is 2.68. The lowest BCUT2D eigenvalue weighted by Crippen LogP contribution is -2.18. The van der Waals surface area contributed by atoms with Gasteiger partial charge in [-0.2, -0.15) is 0 Å². The maximum Gasteiger partial charge on any atom is 0.311 e. The van der Waals surface area contributed by atoms with E-state index < -0.39 is 4.92 Å². The van der Waals surface area contributed by atoms with Gasteiger partial charge in [0.25, 0.3) is 0 Å². The maximum atomic E-state index is 10.8. The average Bonchev–Trinajstić information content (AvgIpc) is 2.34. The van der Waals surface area contributed by atoms with E-state index in [1.54, 1.807) is 19.2 Å². The molecule has 0 aliphatic rings. The quantitative estimate of drug-likeness (QED) is 0.442. The van der Waals surface area contributed by atoms with Crippen LogP contribution >= 0.6 is 0 Å². The first-order valence-corrected chi connectivity index (χ1v) is 5.20. The first kappa shape index (κ1) is 13.4. The Morgan fingerprint density at radius 3 is 2.76 bits per heavy atom. The Labute approximate surface area is 99.7 Å². The summed E-state index contributed by atoms with van der Waals surface area (Å²) in [7, 11) is 3.04. The summed E-state index contributed by atoms with van der Waals surface area (Å²) in [6.45, 7) is 1.88. The molecule has 1 N–H and O–H groups in total. The number of nitro groups is 1. The van der Waals surface area contributed by atoms with Crippen molar-refractivity contribution in [2.75, 3.05) is 27.4 Å². The molecule has 0 bridgehead atoms. The van der Waals surface area contributed by atoms with Crippen LogP contribution in [0.4, 0.5) is 5.69 Å². The van der Waals surface area contributed by atoms with Crippen molar-refractivity contribution >= 4 is 5.69 Å². The van der Waals surface area contributed by atoms with Crippen molar-refractivity contribution in [1.82, 2.24) is 5.32 Å². The summed E-state index contributed by atoms with van der Waals surface area (Å²) in [5.41, 5.74) is 0.826. The monoisotopic (exact) mass is 240 g/mol. The van der Waals surface area contributed by atoms with E-state index in [1.807, 2.05) is 0 Å². The molecule has 1 aromatic rings. The predicted molar refractivity (Wildman–Crippen MR) is 63.2 cm³/mol. The molecule has 0 spiro atoms. The van der Waals surface area contributed by atoms with Crippen LogP contribution in [0.5, 0.6) is 5.75 Å². The topological polar surface area (TPSA) is 73.6 Å². The maximum absolute atomic E-state index is 10.8. The molecule has 6 heteroatoms. The average molecular weight is 240 g/mol. The fraction of sp³-hybridized carbons (Fsp3) is 0.455. The Morgan fingerprint density at radius 1 is 1.41 bits per heavy atom. The molecule has 94 valence electrons. The van der Waals surface area contributed by atoms with Gasteiger partial charge in [0, 0.05) is 26.3 Å². The zero-order valence-corrected chi connectivity index (χ0v) is 9.93. The van der Waals surface area contributed by atoms with Crippen molar-refractivity contribution in [3.8, 4) is 5.75 Å². The molecule has 0 atom stereocenters. The number of hydrogen-bond donors (Lipinski definition) is 1. The van der Waals surface area contributed by atoms with Crippen LogP contribution in [0.2, 0.25) is 0 Å². The molecule has 17 heavy (non-hydrogen) atoms. The fourth-order valence-electron chi connectivity index (χ4n) is 1.40. The molecule has 0 unspecified atom stereocenters. The van der Waals surface area contributed by atoms with Gasteiger partial charge in [-0.25, -0.2) is 0 Å². The van der Waals surface area contributed by atoms with E-state index in [1.165, 1.54) is 13.2 Å². The number of nitrogens with one attached hydrogen (secondary N) is 1. The zero-order valence-electron chi connectivity index (χ0n) is 9.93. The van der Waals surface area contributed by atoms with Gasteiger partial charge in [-0.3, -0.25) is 10.1 Å². The number of hydrogen-bond acceptors (Lipinski definition) is 5. The molecular weight excluding hydrogens is 224 g/mol. The van der Waals surface area contributed by atoms with Gasteiger partial charge in [0.1, 0.15) is 0 Å². The third-order valence-electron chi connectivity index (χ3n) is 2.25. The van der Waals surface area contributed by atoms with E-state index in [0.29, 0.717) is 19.7 Å². The van der Waals surface area contributed by atoms with Gasteiger partial charge in [0.05, 0.1) is 18.6 Å². The second-order valence-electron chi connectivity index (χ2n) is 3.43. The van der Waals surface area contributed by atoms with Gasteiger partial charge in [-0.05, 0) is 11.6 Å². The van der Waals surface area contributed by atoms with Crippen LogP contribution in [0.25, 0.3) is 0 Å². The highest BCUT2D eigenvalue weighted by Gasteiger charge is 2.14. The van der Waals surface area contributed by atoms with Crippen molar-refractivity contribution in [3.05, 3.63) is 33.9 Å². The van der Waals surface area contributed by atoms with Crippen LogP contribution in [-0.2, 0) is 11.3 Å². The Kier molecular flexibility index (Phi) is 5.38. The molecule has 0 amide bonds. The second kappa shape index (κ2) is 6.82. The van der Waals surface area contributed by atoms with E-state index in [2.05, 4.69) is 5.32 Å². The number of nitro benzene ring substituents is 1. The Hall–Kier alpha value is -1.66. The van der Waals surface area contributed by atoms with Crippen LogP contribution in [-0.4, -0.2) is 32.3 Å². The van der Waals surface area contributed by atoms with Crippen LogP contribution in [0.15, 0.2) is 18.2 Å². The number of methoxy groups -OCH3 is 2. The summed E-state index contributed by atoms with van der Waals surface area (Å²) in [6, 6.07) is 4.91. The Morgan fingerprint density at radius 2 is 2.18 bits per heavy atom. The van der Waals surface area contributed by atoms with Crippen LogP contribution < -0.4 is 10.1 Å². The summed E-state index contributed by atoms with van der Waals surface area (Å²) in [6.07, 6.45) is 0. The van der Waals surface area contributed by atoms with Gasteiger partial charge >= 0.3 is 5.69 Å². The highest BCUT2D eigenvalue weighted by molar-refractivity contribution is 5.48. The summed E-state index contributed by atoms with van der Waals surface area (Å²) < 4.78 is 9.81. The standard InChI is InChI=1S/C11H16N2O4/c1-16-6-5-12-8-9-3-4-11(17-2)10(7-9)13(14)15/h3-4,7,12H,5-6,8H2,1-2H3. The van der Waals surface area contributed by atoms with Crippen LogP contribution in [0.1, 0.15) is 5.56 Å². The number of rotatable bonds is 7. The molecule has 1 rings (SSSR count). The molecule has 0 fully saturated rings. The molecule has 0 aliphatic heterocycles. The molecule has 0 saturated carbocycles. The van der Waals surface area contributed by atoms with Gasteiger partial charge in [0.2, 0.25) is 0 Å². The molecule has 1 aromatic carbocycles. The van der Waals surface area contributed by atoms with Gasteiger partial charge in [-0.15, -0.1) is 0 Å². The van der Waals surface area contributed by atoms with Crippen molar-refractivity contribution in [3.63, 3.8) is 0 Å². The van der Waals surface area contributed by atoms with Crippen molar-refractivity contribution < 1.29 is 14.4 Å². The largest absolute Gasteiger partial charge is 0.490 e. The SMILES string of the molecule is COCCNCc1ccc(OC)c([N+](=O)[O-])c1. The van der Waals surface area contributed by atoms with Gasteiger partial charge in [0.15, 0.2) is 5.75 Å². The first-order valence-electron chi connectivity index (χ1n) is 5.20. The first-order chi connectivity index (χ1) is 8.19. The zero-order chi connectivity index (χ0) is 12.7. The third-order valence-corrected chi connectivity index (χ3v) is 2.25. The minimum absolute atomic E-state index is 0.0152. The highest BCUT2D eigenvalue weighted by atomic mass is 16.6. The van der Waals surface area contributed by atoms with Crippen molar-refractivity contribution in [1.29, 1.82) is 0 Å². The minimum atomic E-state index is -0.447. The van der Waals surface area contributed by atoms with Crippen molar-refractivity contribution in [2.45, 2.75) is 6.54 Å². The molecule has 6 nitrogen and oxygen atoms in total. The summed E-state index contributed by atoms with van der Waals surface area (Å²) >= 11 is 0. The van der Waals surface area contributed by atoms with Gasteiger partial charge in [-0.1, -0.05) is 6.07 Å². The number of benzene rings is 1. The molecular formula is C11H16N2O4. The molecule has 0 radical (unpaired) electrons. The smallest absolute Gasteiger partial charge is 0.311 e. The normalized spacial score (nSPS) is 10.2. The Bertz CT molecular complexity index is 382. The van der Waals surface area contributed by atoms with E-state index in [9.17, 15) is 10.1 Å². The number of ether oxygens (including phenoxy) is 2. The van der Waals surface area contributed by atoms with Crippen molar-refractivity contribution in [2.24, 2.45) is 0 Å². The van der Waals surface area contributed by atoms with E-state index in [0.717, 1.165) is 5.56 Å². The summed E-state index contributed by atoms with van der Waals surface area (Å²) in [4.78, 5) is 10.3. The molecule has 0 heterocycles. The number of nitrogens with zero attached hydrogens (tertiary/aromatic N) is 1. The lowest BCUT2D eigenvalue weighted by Gasteiger charge is -2.06. The van der Waals surface area contributed by atoms with E-state index in [4.69, 9.17) is 9.47 Å². The van der Waals surface area contributed by atoms with Crippen LogP contribution in [0, 0.1) is 10.1 Å². The summed E-state index contributed by atoms with van der Waals surface area (Å²) in [5, 5.41) is 13.9. The van der Waals surface area contributed by atoms with E-state index in [-0.39, 0.29) is 11.4 Å². The second-order valence-corrected chi connectivity index (χ2v) is 3.43. The highest BCUT2D eigenvalue weighted by Crippen LogP contribution is 2.27. The van der Waals surface area contributed by atoms with Crippen LogP contribution in [0.3, 0.4) is 0 Å². The molecule has 0 aromatic heterocycles. The lowest BCUT2D eigenvalue weighted by atomic mass is 10.2. The molecule has 0 saturated heterocycles.